The first-order valence-corrected chi connectivity index (χ1v) is 6.10. The van der Waals surface area contributed by atoms with Gasteiger partial charge in [0.1, 0.15) is 13.2 Å². The van der Waals surface area contributed by atoms with Gasteiger partial charge in [-0.15, -0.1) is 0 Å². The number of hydrogen-bond donors (Lipinski definition) is 0. The van der Waals surface area contributed by atoms with Crippen LogP contribution in [0.15, 0.2) is 18.2 Å². The van der Waals surface area contributed by atoms with Crippen molar-refractivity contribution in [2.75, 3.05) is 13.2 Å². The number of hydrogen-bond acceptors (Lipinski definition) is 3. The molecule has 0 N–H and O–H groups in total. The molecule has 1 aromatic carbocycles. The van der Waals surface area contributed by atoms with Crippen molar-refractivity contribution in [2.45, 2.75) is 26.7 Å². The minimum atomic E-state index is 0.140. The van der Waals surface area contributed by atoms with Crippen molar-refractivity contribution in [3.63, 3.8) is 0 Å². The molecular formula is C14H18O3. The lowest BCUT2D eigenvalue weighted by atomic mass is 10.0. The minimum Gasteiger partial charge on any atom is -0.486 e. The second-order valence-corrected chi connectivity index (χ2v) is 4.69. The fourth-order valence-electron chi connectivity index (χ4n) is 1.85. The molecule has 2 rings (SSSR count). The molecular weight excluding hydrogens is 216 g/mol. The summed E-state index contributed by atoms with van der Waals surface area (Å²) < 4.78 is 11.0. The molecule has 0 aliphatic carbocycles. The van der Waals surface area contributed by atoms with Crippen LogP contribution in [0.4, 0.5) is 0 Å². The Kier molecular flexibility index (Phi) is 3.67. The lowest BCUT2D eigenvalue weighted by Crippen LogP contribution is -2.17. The molecule has 0 amide bonds. The van der Waals surface area contributed by atoms with Gasteiger partial charge in [0.15, 0.2) is 17.3 Å². The smallest absolute Gasteiger partial charge is 0.172 e. The van der Waals surface area contributed by atoms with Crippen molar-refractivity contribution < 1.29 is 14.3 Å². The van der Waals surface area contributed by atoms with E-state index in [1.54, 1.807) is 0 Å². The van der Waals surface area contributed by atoms with Gasteiger partial charge in [0.2, 0.25) is 0 Å². The van der Waals surface area contributed by atoms with E-state index in [0.29, 0.717) is 42.6 Å². The van der Waals surface area contributed by atoms with Crippen LogP contribution in [0.25, 0.3) is 0 Å². The SMILES string of the molecule is CC(C)CCC(=O)c1cccc2c1OCCO2. The van der Waals surface area contributed by atoms with Gasteiger partial charge in [-0.1, -0.05) is 19.9 Å². The Bertz CT molecular complexity index is 410. The summed E-state index contributed by atoms with van der Waals surface area (Å²) in [6.45, 7) is 5.30. The number of ketones is 1. The summed E-state index contributed by atoms with van der Waals surface area (Å²) in [6.07, 6.45) is 1.47. The van der Waals surface area contributed by atoms with Gasteiger partial charge in [0.05, 0.1) is 5.56 Å². The van der Waals surface area contributed by atoms with Crippen LogP contribution in [-0.4, -0.2) is 19.0 Å². The summed E-state index contributed by atoms with van der Waals surface area (Å²) >= 11 is 0. The number of rotatable bonds is 4. The molecule has 0 unspecified atom stereocenters. The first-order chi connectivity index (χ1) is 8.18. The number of Topliss-reactive ketones (excluding diaryl/α,β-unsaturated/α-hetero) is 1. The summed E-state index contributed by atoms with van der Waals surface area (Å²) in [5.74, 6) is 1.98. The zero-order chi connectivity index (χ0) is 12.3. The summed E-state index contributed by atoms with van der Waals surface area (Å²) in [6, 6.07) is 5.50. The molecule has 3 nitrogen and oxygen atoms in total. The van der Waals surface area contributed by atoms with E-state index in [4.69, 9.17) is 9.47 Å². The maximum atomic E-state index is 12.1. The van der Waals surface area contributed by atoms with Crippen LogP contribution in [0.2, 0.25) is 0 Å². The van der Waals surface area contributed by atoms with E-state index in [9.17, 15) is 4.79 Å². The lowest BCUT2D eigenvalue weighted by Gasteiger charge is -2.20. The van der Waals surface area contributed by atoms with E-state index in [1.807, 2.05) is 18.2 Å². The molecule has 17 heavy (non-hydrogen) atoms. The fourth-order valence-corrected chi connectivity index (χ4v) is 1.85. The molecule has 0 radical (unpaired) electrons. The predicted molar refractivity (Wildman–Crippen MR) is 65.8 cm³/mol. The van der Waals surface area contributed by atoms with Gasteiger partial charge < -0.3 is 9.47 Å². The Morgan fingerprint density at radius 1 is 1.29 bits per heavy atom. The first-order valence-electron chi connectivity index (χ1n) is 6.10. The molecule has 0 fully saturated rings. The molecule has 1 aromatic rings. The second kappa shape index (κ2) is 5.21. The average molecular weight is 234 g/mol. The van der Waals surface area contributed by atoms with Crippen LogP contribution in [0.1, 0.15) is 37.0 Å². The molecule has 0 bridgehead atoms. The van der Waals surface area contributed by atoms with Crippen LogP contribution >= 0.6 is 0 Å². The molecule has 0 aromatic heterocycles. The van der Waals surface area contributed by atoms with Gasteiger partial charge in [0.25, 0.3) is 0 Å². The fraction of sp³-hybridized carbons (Fsp3) is 0.500. The number of benzene rings is 1. The highest BCUT2D eigenvalue weighted by atomic mass is 16.6. The van der Waals surface area contributed by atoms with E-state index in [-0.39, 0.29) is 5.78 Å². The van der Waals surface area contributed by atoms with Crippen molar-refractivity contribution in [1.82, 2.24) is 0 Å². The van der Waals surface area contributed by atoms with Gasteiger partial charge in [-0.25, -0.2) is 0 Å². The van der Waals surface area contributed by atoms with Gasteiger partial charge in [-0.3, -0.25) is 4.79 Å². The largest absolute Gasteiger partial charge is 0.486 e. The minimum absolute atomic E-state index is 0.140. The maximum absolute atomic E-state index is 12.1. The summed E-state index contributed by atoms with van der Waals surface area (Å²) in [7, 11) is 0. The molecule has 1 aliphatic heterocycles. The summed E-state index contributed by atoms with van der Waals surface area (Å²) in [4.78, 5) is 12.1. The molecule has 0 saturated carbocycles. The highest BCUT2D eigenvalue weighted by Crippen LogP contribution is 2.34. The quantitative estimate of drug-likeness (QED) is 0.751. The van der Waals surface area contributed by atoms with Crippen LogP contribution in [0.5, 0.6) is 11.5 Å². The maximum Gasteiger partial charge on any atom is 0.172 e. The van der Waals surface area contributed by atoms with E-state index in [0.717, 1.165) is 6.42 Å². The first kappa shape index (κ1) is 12.0. The van der Waals surface area contributed by atoms with E-state index >= 15 is 0 Å². The van der Waals surface area contributed by atoms with Crippen molar-refractivity contribution >= 4 is 5.78 Å². The number of carbonyl (C=O) groups excluding carboxylic acids is 1. The van der Waals surface area contributed by atoms with Crippen LogP contribution in [0.3, 0.4) is 0 Å². The molecule has 0 saturated heterocycles. The number of fused-ring (bicyclic) bond motifs is 1. The van der Waals surface area contributed by atoms with Crippen molar-refractivity contribution in [3.05, 3.63) is 23.8 Å². The zero-order valence-electron chi connectivity index (χ0n) is 10.4. The molecule has 0 atom stereocenters. The Labute approximate surface area is 102 Å². The third-order valence-corrected chi connectivity index (χ3v) is 2.82. The normalized spacial score (nSPS) is 13.8. The number of carbonyl (C=O) groups is 1. The van der Waals surface area contributed by atoms with E-state index < -0.39 is 0 Å². The second-order valence-electron chi connectivity index (χ2n) is 4.69. The van der Waals surface area contributed by atoms with E-state index in [2.05, 4.69) is 13.8 Å². The molecule has 1 heterocycles. The third-order valence-electron chi connectivity index (χ3n) is 2.82. The van der Waals surface area contributed by atoms with Crippen LogP contribution in [-0.2, 0) is 0 Å². The van der Waals surface area contributed by atoms with Gasteiger partial charge in [0, 0.05) is 6.42 Å². The van der Waals surface area contributed by atoms with E-state index in [1.165, 1.54) is 0 Å². The van der Waals surface area contributed by atoms with Crippen molar-refractivity contribution in [1.29, 1.82) is 0 Å². The number of para-hydroxylation sites is 1. The monoisotopic (exact) mass is 234 g/mol. The Morgan fingerprint density at radius 3 is 2.82 bits per heavy atom. The third kappa shape index (κ3) is 2.78. The Morgan fingerprint density at radius 2 is 2.06 bits per heavy atom. The topological polar surface area (TPSA) is 35.5 Å². The van der Waals surface area contributed by atoms with Gasteiger partial charge in [-0.05, 0) is 24.5 Å². The summed E-state index contributed by atoms with van der Waals surface area (Å²) in [5, 5.41) is 0. The number of ether oxygens (including phenoxy) is 2. The zero-order valence-corrected chi connectivity index (χ0v) is 10.4. The van der Waals surface area contributed by atoms with Crippen LogP contribution in [0, 0.1) is 5.92 Å². The van der Waals surface area contributed by atoms with Crippen LogP contribution < -0.4 is 9.47 Å². The Balaban J connectivity index is 2.17. The molecule has 3 heteroatoms. The average Bonchev–Trinajstić information content (AvgIpc) is 2.35. The van der Waals surface area contributed by atoms with Crippen molar-refractivity contribution in [3.8, 4) is 11.5 Å². The van der Waals surface area contributed by atoms with Gasteiger partial charge >= 0.3 is 0 Å². The lowest BCUT2D eigenvalue weighted by molar-refractivity contribution is 0.0964. The highest BCUT2D eigenvalue weighted by molar-refractivity contribution is 5.99. The molecule has 92 valence electrons. The molecule has 0 spiro atoms. The highest BCUT2D eigenvalue weighted by Gasteiger charge is 2.19. The van der Waals surface area contributed by atoms with Crippen molar-refractivity contribution in [2.24, 2.45) is 5.92 Å². The Hall–Kier alpha value is -1.51. The summed E-state index contributed by atoms with van der Waals surface area (Å²) in [5.41, 5.74) is 0.655. The standard InChI is InChI=1S/C14H18O3/c1-10(2)6-7-12(15)11-4-3-5-13-14(11)17-9-8-16-13/h3-5,10H,6-9H2,1-2H3. The van der Waals surface area contributed by atoms with Gasteiger partial charge in [-0.2, -0.15) is 0 Å². The predicted octanol–water partition coefficient (Wildman–Crippen LogP) is 3.08. The molecule has 1 aliphatic rings.